The number of fused-ring (bicyclic) bond motifs is 2. The van der Waals surface area contributed by atoms with E-state index in [-0.39, 0.29) is 0 Å². The minimum atomic E-state index is 1.06. The van der Waals surface area contributed by atoms with Crippen LogP contribution in [-0.4, -0.2) is 27.2 Å². The predicted molar refractivity (Wildman–Crippen MR) is 88.1 cm³/mol. The van der Waals surface area contributed by atoms with Gasteiger partial charge in [-0.1, -0.05) is 6.07 Å². The van der Waals surface area contributed by atoms with Crippen LogP contribution in [0.1, 0.15) is 29.7 Å². The molecule has 0 saturated carbocycles. The summed E-state index contributed by atoms with van der Waals surface area (Å²) in [5.74, 6) is 0. The zero-order valence-corrected chi connectivity index (χ0v) is 13.5. The number of aromatic amines is 1. The number of anilines is 1. The molecule has 1 aromatic carbocycles. The molecular formula is C18H27N3+2. The van der Waals surface area contributed by atoms with Crippen molar-refractivity contribution in [2.75, 3.05) is 32.5 Å². The van der Waals surface area contributed by atoms with Gasteiger partial charge in [-0.2, -0.15) is 0 Å². The van der Waals surface area contributed by atoms with Crippen molar-refractivity contribution in [1.29, 1.82) is 0 Å². The van der Waals surface area contributed by atoms with Crippen molar-refractivity contribution in [2.24, 2.45) is 0 Å². The molecule has 0 aliphatic heterocycles. The van der Waals surface area contributed by atoms with Gasteiger partial charge in [0, 0.05) is 31.0 Å². The monoisotopic (exact) mass is 285 g/mol. The molecule has 3 rings (SSSR count). The van der Waals surface area contributed by atoms with E-state index in [1.54, 1.807) is 0 Å². The fourth-order valence-electron chi connectivity index (χ4n) is 3.31. The van der Waals surface area contributed by atoms with Crippen molar-refractivity contribution in [3.05, 3.63) is 35.0 Å². The van der Waals surface area contributed by atoms with Gasteiger partial charge in [-0.25, -0.2) is 4.98 Å². The first kappa shape index (κ1) is 14.3. The summed E-state index contributed by atoms with van der Waals surface area (Å²) in [4.78, 5) is 5.16. The second-order valence-corrected chi connectivity index (χ2v) is 6.60. The standard InChI is InChI=1S/C18H25N3/c1-13-8-9-17-15(12-13)18(19-10-5-11-21(2)3)14-6-4-7-16(14)20-17/h8-9,12H,4-7,10-11H2,1-3H3,(H,19,20)/p+2. The van der Waals surface area contributed by atoms with Crippen molar-refractivity contribution >= 4 is 16.6 Å². The zero-order valence-electron chi connectivity index (χ0n) is 13.5. The minimum absolute atomic E-state index is 1.06. The Morgan fingerprint density at radius 1 is 1.24 bits per heavy atom. The smallest absolute Gasteiger partial charge is 0.213 e. The molecule has 0 bridgehead atoms. The van der Waals surface area contributed by atoms with E-state index in [4.69, 9.17) is 0 Å². The van der Waals surface area contributed by atoms with Crippen LogP contribution in [0.15, 0.2) is 18.2 Å². The van der Waals surface area contributed by atoms with Crippen LogP contribution in [0, 0.1) is 6.92 Å². The van der Waals surface area contributed by atoms with Crippen molar-refractivity contribution < 1.29 is 9.88 Å². The largest absolute Gasteiger partial charge is 0.384 e. The molecule has 3 nitrogen and oxygen atoms in total. The third-order valence-electron chi connectivity index (χ3n) is 4.40. The highest BCUT2D eigenvalue weighted by Crippen LogP contribution is 2.32. The number of aryl methyl sites for hydroxylation is 2. The highest BCUT2D eigenvalue weighted by Gasteiger charge is 2.24. The second-order valence-electron chi connectivity index (χ2n) is 6.60. The highest BCUT2D eigenvalue weighted by atomic mass is 15.1. The molecule has 0 atom stereocenters. The quantitative estimate of drug-likeness (QED) is 0.799. The first-order chi connectivity index (χ1) is 10.1. The molecule has 3 heteroatoms. The number of aromatic nitrogens is 1. The van der Waals surface area contributed by atoms with Crippen molar-refractivity contribution in [3.8, 4) is 0 Å². The van der Waals surface area contributed by atoms with Gasteiger partial charge in [0.2, 0.25) is 5.52 Å². The van der Waals surface area contributed by atoms with E-state index in [1.165, 1.54) is 70.5 Å². The van der Waals surface area contributed by atoms with Gasteiger partial charge in [0.1, 0.15) is 0 Å². The SMILES string of the molecule is Cc1ccc2[nH+]c3c(c(NCCC[NH+](C)C)c2c1)CCC3. The fourth-order valence-corrected chi connectivity index (χ4v) is 3.31. The topological polar surface area (TPSA) is 30.6 Å². The molecule has 112 valence electrons. The lowest BCUT2D eigenvalue weighted by Crippen LogP contribution is -3.05. The summed E-state index contributed by atoms with van der Waals surface area (Å²) in [6.45, 7) is 4.45. The molecule has 21 heavy (non-hydrogen) atoms. The van der Waals surface area contributed by atoms with Crippen LogP contribution in [0.2, 0.25) is 0 Å². The maximum Gasteiger partial charge on any atom is 0.213 e. The Morgan fingerprint density at radius 3 is 2.90 bits per heavy atom. The molecule has 1 heterocycles. The first-order valence-electron chi connectivity index (χ1n) is 8.15. The fraction of sp³-hybridized carbons (Fsp3) is 0.500. The number of nitrogens with one attached hydrogen (secondary N) is 3. The average Bonchev–Trinajstić information content (AvgIpc) is 2.90. The van der Waals surface area contributed by atoms with Gasteiger partial charge < -0.3 is 10.2 Å². The van der Waals surface area contributed by atoms with Crippen LogP contribution in [0.4, 0.5) is 5.69 Å². The molecule has 1 aromatic heterocycles. The molecule has 0 amide bonds. The zero-order chi connectivity index (χ0) is 14.8. The van der Waals surface area contributed by atoms with E-state index >= 15 is 0 Å². The van der Waals surface area contributed by atoms with Crippen LogP contribution in [-0.2, 0) is 12.8 Å². The van der Waals surface area contributed by atoms with E-state index in [0.29, 0.717) is 0 Å². The molecule has 2 aromatic rings. The summed E-state index contributed by atoms with van der Waals surface area (Å²) >= 11 is 0. The Balaban J connectivity index is 1.92. The van der Waals surface area contributed by atoms with Crippen LogP contribution in [0.3, 0.4) is 0 Å². The van der Waals surface area contributed by atoms with Gasteiger partial charge >= 0.3 is 0 Å². The average molecular weight is 285 g/mol. The van der Waals surface area contributed by atoms with Crippen molar-refractivity contribution in [1.82, 2.24) is 0 Å². The molecule has 0 unspecified atom stereocenters. The number of rotatable bonds is 5. The van der Waals surface area contributed by atoms with Gasteiger partial charge in [-0.05, 0) is 31.4 Å². The maximum atomic E-state index is 3.74. The third-order valence-corrected chi connectivity index (χ3v) is 4.40. The normalized spacial score (nSPS) is 13.9. The summed E-state index contributed by atoms with van der Waals surface area (Å²) in [6.07, 6.45) is 4.88. The van der Waals surface area contributed by atoms with Gasteiger partial charge in [0.05, 0.1) is 31.7 Å². The highest BCUT2D eigenvalue weighted by molar-refractivity contribution is 5.91. The molecule has 3 N–H and O–H groups in total. The summed E-state index contributed by atoms with van der Waals surface area (Å²) in [7, 11) is 4.43. The van der Waals surface area contributed by atoms with Gasteiger partial charge in [-0.15, -0.1) is 0 Å². The molecular weight excluding hydrogens is 258 g/mol. The third kappa shape index (κ3) is 3.03. The number of pyridine rings is 1. The van der Waals surface area contributed by atoms with Crippen LogP contribution in [0.5, 0.6) is 0 Å². The summed E-state index contributed by atoms with van der Waals surface area (Å²) in [6, 6.07) is 6.72. The minimum Gasteiger partial charge on any atom is -0.384 e. The van der Waals surface area contributed by atoms with E-state index in [2.05, 4.69) is 49.5 Å². The van der Waals surface area contributed by atoms with Crippen LogP contribution < -0.4 is 15.2 Å². The molecule has 0 fully saturated rings. The van der Waals surface area contributed by atoms with Crippen LogP contribution >= 0.6 is 0 Å². The summed E-state index contributed by atoms with van der Waals surface area (Å²) < 4.78 is 0. The molecule has 0 spiro atoms. The Kier molecular flexibility index (Phi) is 4.11. The summed E-state index contributed by atoms with van der Waals surface area (Å²) in [5.41, 5.74) is 6.93. The van der Waals surface area contributed by atoms with Crippen molar-refractivity contribution in [3.63, 3.8) is 0 Å². The van der Waals surface area contributed by atoms with E-state index in [0.717, 1.165) is 6.54 Å². The maximum absolute atomic E-state index is 3.74. The Bertz CT molecular complexity index is 646. The van der Waals surface area contributed by atoms with E-state index < -0.39 is 0 Å². The lowest BCUT2D eigenvalue weighted by molar-refractivity contribution is -0.858. The Morgan fingerprint density at radius 2 is 2.10 bits per heavy atom. The van der Waals surface area contributed by atoms with Gasteiger partial charge in [-0.3, -0.25) is 0 Å². The number of quaternary nitrogens is 1. The van der Waals surface area contributed by atoms with Gasteiger partial charge in [0.15, 0.2) is 5.69 Å². The lowest BCUT2D eigenvalue weighted by Gasteiger charge is -2.13. The molecule has 1 aliphatic carbocycles. The first-order valence-corrected chi connectivity index (χ1v) is 8.15. The second kappa shape index (κ2) is 6.02. The lowest BCUT2D eigenvalue weighted by atomic mass is 10.0. The van der Waals surface area contributed by atoms with E-state index in [1.807, 2.05) is 0 Å². The molecule has 0 saturated heterocycles. The van der Waals surface area contributed by atoms with E-state index in [9.17, 15) is 0 Å². The molecule has 0 radical (unpaired) electrons. The number of hydrogen-bond acceptors (Lipinski definition) is 1. The number of benzene rings is 1. The number of hydrogen-bond donors (Lipinski definition) is 2. The predicted octanol–water partition coefficient (Wildman–Crippen LogP) is 1.40. The van der Waals surface area contributed by atoms with Gasteiger partial charge in [0.25, 0.3) is 0 Å². The summed E-state index contributed by atoms with van der Waals surface area (Å²) in [5, 5.41) is 5.09. The number of H-pyrrole nitrogens is 1. The van der Waals surface area contributed by atoms with Crippen LogP contribution in [0.25, 0.3) is 10.9 Å². The molecule has 1 aliphatic rings. The van der Waals surface area contributed by atoms with Crippen molar-refractivity contribution in [2.45, 2.75) is 32.6 Å². The Labute approximate surface area is 127 Å². The Hall–Kier alpha value is -1.61.